The summed E-state index contributed by atoms with van der Waals surface area (Å²) in [5, 5.41) is 4.53. The fourth-order valence-electron chi connectivity index (χ4n) is 4.18. The van der Waals surface area contributed by atoms with E-state index >= 15 is 0 Å². The van der Waals surface area contributed by atoms with Crippen molar-refractivity contribution in [3.05, 3.63) is 42.7 Å². The number of benzene rings is 1. The number of anilines is 1. The number of alkyl halides is 3. The first-order valence-electron chi connectivity index (χ1n) is 11.3. The van der Waals surface area contributed by atoms with Gasteiger partial charge in [-0.25, -0.2) is 4.98 Å². The van der Waals surface area contributed by atoms with E-state index in [9.17, 15) is 13.2 Å². The summed E-state index contributed by atoms with van der Waals surface area (Å²) in [5.41, 5.74) is 2.15. The van der Waals surface area contributed by atoms with E-state index in [1.54, 1.807) is 29.0 Å². The van der Waals surface area contributed by atoms with Crippen molar-refractivity contribution in [2.45, 2.75) is 20.2 Å². The van der Waals surface area contributed by atoms with Crippen molar-refractivity contribution in [3.63, 3.8) is 0 Å². The van der Waals surface area contributed by atoms with Gasteiger partial charge in [0.2, 0.25) is 0 Å². The summed E-state index contributed by atoms with van der Waals surface area (Å²) in [7, 11) is 0. The zero-order chi connectivity index (χ0) is 23.4. The first kappa shape index (κ1) is 23.3. The molecule has 1 fully saturated rings. The maximum Gasteiger partial charge on any atom is 0.573 e. The molecule has 10 heteroatoms. The van der Waals surface area contributed by atoms with E-state index in [1.807, 2.05) is 6.07 Å². The Morgan fingerprint density at radius 1 is 1.00 bits per heavy atom. The SMILES string of the molecule is CCN(CC)CCN1CCN(c2ccnc3c(-c4ccc(OC(F)(F)F)cc4)cnn23)CC1. The van der Waals surface area contributed by atoms with Crippen LogP contribution in [0.1, 0.15) is 13.8 Å². The molecule has 0 amide bonds. The molecule has 2 aromatic heterocycles. The van der Waals surface area contributed by atoms with Crippen molar-refractivity contribution >= 4 is 11.5 Å². The van der Waals surface area contributed by atoms with Crippen LogP contribution in [0.2, 0.25) is 0 Å². The molecule has 33 heavy (non-hydrogen) atoms. The first-order valence-corrected chi connectivity index (χ1v) is 11.3. The molecule has 0 bridgehead atoms. The molecule has 0 unspecified atom stereocenters. The number of hydrogen-bond donors (Lipinski definition) is 0. The number of piperazine rings is 1. The van der Waals surface area contributed by atoms with E-state index in [1.165, 1.54) is 12.1 Å². The van der Waals surface area contributed by atoms with Gasteiger partial charge in [-0.2, -0.15) is 9.61 Å². The lowest BCUT2D eigenvalue weighted by Crippen LogP contribution is -2.49. The van der Waals surface area contributed by atoms with Gasteiger partial charge in [-0.05, 0) is 36.9 Å². The van der Waals surface area contributed by atoms with Crippen molar-refractivity contribution in [2.75, 3.05) is 57.3 Å². The van der Waals surface area contributed by atoms with E-state index in [4.69, 9.17) is 0 Å². The highest BCUT2D eigenvalue weighted by molar-refractivity contribution is 5.78. The molecule has 7 nitrogen and oxygen atoms in total. The molecular formula is C23H29F3N6O. The number of ether oxygens (including phenoxy) is 1. The van der Waals surface area contributed by atoms with Gasteiger partial charge in [0.15, 0.2) is 5.65 Å². The first-order chi connectivity index (χ1) is 15.9. The van der Waals surface area contributed by atoms with Crippen LogP contribution >= 0.6 is 0 Å². The average Bonchev–Trinajstić information content (AvgIpc) is 3.24. The number of likely N-dealkylation sites (N-methyl/N-ethyl adjacent to an activating group) is 1. The topological polar surface area (TPSA) is 49.1 Å². The Labute approximate surface area is 191 Å². The summed E-state index contributed by atoms with van der Waals surface area (Å²) >= 11 is 0. The Kier molecular flexibility index (Phi) is 7.04. The number of aromatic nitrogens is 3. The standard InChI is InChI=1S/C23H29F3N6O/c1-3-29(4-2)11-12-30-13-15-31(16-14-30)21-9-10-27-22-20(17-28-32(21)22)18-5-7-19(8-6-18)33-23(24,25)26/h5-10,17H,3-4,11-16H2,1-2H3. The average molecular weight is 463 g/mol. The third kappa shape index (κ3) is 5.56. The number of fused-ring (bicyclic) bond motifs is 1. The molecular weight excluding hydrogens is 433 g/mol. The minimum atomic E-state index is -4.71. The minimum Gasteiger partial charge on any atom is -0.406 e. The Balaban J connectivity index is 1.46. The molecule has 1 aliphatic rings. The molecule has 178 valence electrons. The van der Waals surface area contributed by atoms with Crippen molar-refractivity contribution < 1.29 is 17.9 Å². The summed E-state index contributed by atoms with van der Waals surface area (Å²) in [5.74, 6) is 0.710. The van der Waals surface area contributed by atoms with Gasteiger partial charge in [0.25, 0.3) is 0 Å². The molecule has 0 spiro atoms. The molecule has 0 saturated carbocycles. The lowest BCUT2D eigenvalue weighted by atomic mass is 10.1. The fourth-order valence-corrected chi connectivity index (χ4v) is 4.18. The highest BCUT2D eigenvalue weighted by atomic mass is 19.4. The molecule has 3 aromatic rings. The third-order valence-electron chi connectivity index (χ3n) is 6.10. The highest BCUT2D eigenvalue weighted by Gasteiger charge is 2.31. The number of hydrogen-bond acceptors (Lipinski definition) is 6. The van der Waals surface area contributed by atoms with Gasteiger partial charge in [0.1, 0.15) is 11.6 Å². The van der Waals surface area contributed by atoms with Crippen LogP contribution in [0.5, 0.6) is 5.75 Å². The number of nitrogens with zero attached hydrogens (tertiary/aromatic N) is 6. The van der Waals surface area contributed by atoms with E-state index < -0.39 is 6.36 Å². The van der Waals surface area contributed by atoms with Crippen LogP contribution in [0.15, 0.2) is 42.7 Å². The molecule has 1 aromatic carbocycles. The lowest BCUT2D eigenvalue weighted by Gasteiger charge is -2.36. The van der Waals surface area contributed by atoms with Crippen molar-refractivity contribution in [2.24, 2.45) is 0 Å². The van der Waals surface area contributed by atoms with Gasteiger partial charge in [-0.1, -0.05) is 26.0 Å². The lowest BCUT2D eigenvalue weighted by molar-refractivity contribution is -0.274. The molecule has 0 N–H and O–H groups in total. The zero-order valence-corrected chi connectivity index (χ0v) is 18.9. The summed E-state index contributed by atoms with van der Waals surface area (Å²) in [6.45, 7) is 12.5. The molecule has 4 rings (SSSR count). The second-order valence-electron chi connectivity index (χ2n) is 8.02. The molecule has 1 saturated heterocycles. The maximum atomic E-state index is 12.4. The van der Waals surface area contributed by atoms with Crippen molar-refractivity contribution in [3.8, 4) is 16.9 Å². The van der Waals surface area contributed by atoms with Gasteiger partial charge in [-0.3, -0.25) is 4.90 Å². The van der Waals surface area contributed by atoms with Crippen LogP contribution in [-0.2, 0) is 0 Å². The summed E-state index contributed by atoms with van der Waals surface area (Å²) in [6.07, 6.45) is -1.26. The zero-order valence-electron chi connectivity index (χ0n) is 18.9. The monoisotopic (exact) mass is 462 g/mol. The summed E-state index contributed by atoms with van der Waals surface area (Å²) in [4.78, 5) is 11.7. The molecule has 0 radical (unpaired) electrons. The van der Waals surface area contributed by atoms with Gasteiger partial charge >= 0.3 is 6.36 Å². The maximum absolute atomic E-state index is 12.4. The van der Waals surface area contributed by atoms with E-state index in [0.29, 0.717) is 5.65 Å². The summed E-state index contributed by atoms with van der Waals surface area (Å²) < 4.78 is 43.0. The quantitative estimate of drug-likeness (QED) is 0.508. The van der Waals surface area contributed by atoms with Gasteiger partial charge in [-0.15, -0.1) is 13.2 Å². The third-order valence-corrected chi connectivity index (χ3v) is 6.10. The van der Waals surface area contributed by atoms with Crippen molar-refractivity contribution in [1.29, 1.82) is 0 Å². The van der Waals surface area contributed by atoms with E-state index in [0.717, 1.165) is 69.3 Å². The Hall–Kier alpha value is -2.85. The molecule has 0 atom stereocenters. The predicted octanol–water partition coefficient (Wildman–Crippen LogP) is 3.76. The predicted molar refractivity (Wildman–Crippen MR) is 122 cm³/mol. The Bertz CT molecular complexity index is 1040. The smallest absolute Gasteiger partial charge is 0.406 e. The second kappa shape index (κ2) is 9.96. The second-order valence-corrected chi connectivity index (χ2v) is 8.02. The molecule has 3 heterocycles. The number of rotatable bonds is 8. The van der Waals surface area contributed by atoms with Gasteiger partial charge in [0.05, 0.1) is 6.20 Å². The normalized spacial score (nSPS) is 15.5. The van der Waals surface area contributed by atoms with Gasteiger partial charge < -0.3 is 14.5 Å². The van der Waals surface area contributed by atoms with Crippen LogP contribution in [-0.4, -0.2) is 83.1 Å². The van der Waals surface area contributed by atoms with Crippen molar-refractivity contribution in [1.82, 2.24) is 24.4 Å². The van der Waals surface area contributed by atoms with Crippen LogP contribution in [0.25, 0.3) is 16.8 Å². The van der Waals surface area contributed by atoms with Gasteiger partial charge in [0, 0.05) is 51.0 Å². The highest BCUT2D eigenvalue weighted by Crippen LogP contribution is 2.29. The minimum absolute atomic E-state index is 0.254. The van der Waals surface area contributed by atoms with Crippen LogP contribution in [0.3, 0.4) is 0 Å². The Morgan fingerprint density at radius 3 is 2.33 bits per heavy atom. The molecule has 1 aliphatic heterocycles. The van der Waals surface area contributed by atoms with E-state index in [2.05, 4.69) is 43.4 Å². The summed E-state index contributed by atoms with van der Waals surface area (Å²) in [6, 6.07) is 7.72. The largest absolute Gasteiger partial charge is 0.573 e. The Morgan fingerprint density at radius 2 is 1.70 bits per heavy atom. The fraction of sp³-hybridized carbons (Fsp3) is 0.478. The van der Waals surface area contributed by atoms with Crippen LogP contribution < -0.4 is 9.64 Å². The van der Waals surface area contributed by atoms with E-state index in [-0.39, 0.29) is 5.75 Å². The van der Waals surface area contributed by atoms with Crippen LogP contribution in [0.4, 0.5) is 19.0 Å². The number of halogens is 3. The van der Waals surface area contributed by atoms with Crippen LogP contribution in [0, 0.1) is 0 Å². The molecule has 0 aliphatic carbocycles.